The summed E-state index contributed by atoms with van der Waals surface area (Å²) in [5, 5.41) is 3.68. The molecule has 1 aromatic carbocycles. The van der Waals surface area contributed by atoms with E-state index in [0.717, 1.165) is 5.69 Å². The maximum atomic E-state index is 12.3. The van der Waals surface area contributed by atoms with Gasteiger partial charge in [0.25, 0.3) is 5.91 Å². The number of anilines is 2. The Morgan fingerprint density at radius 2 is 1.87 bits per heavy atom. The van der Waals surface area contributed by atoms with Crippen molar-refractivity contribution in [3.63, 3.8) is 0 Å². The van der Waals surface area contributed by atoms with Crippen LogP contribution in [0.1, 0.15) is 10.5 Å². The summed E-state index contributed by atoms with van der Waals surface area (Å²) in [5.41, 5.74) is 2.51. The summed E-state index contributed by atoms with van der Waals surface area (Å²) >= 11 is 12.0. The third kappa shape index (κ3) is 3.25. The van der Waals surface area contributed by atoms with Crippen LogP contribution in [-0.4, -0.2) is 29.4 Å². The molecule has 1 amide bonds. The molecule has 1 N–H and O–H groups in total. The molecule has 5 nitrogen and oxygen atoms in total. The molecular weight excluding hydrogens is 335 g/mol. The average molecular weight is 349 g/mol. The first-order chi connectivity index (χ1) is 10.9. The summed E-state index contributed by atoms with van der Waals surface area (Å²) in [7, 11) is 3.91. The van der Waals surface area contributed by atoms with Crippen molar-refractivity contribution in [2.75, 3.05) is 24.3 Å². The molecule has 0 spiro atoms. The van der Waals surface area contributed by atoms with Crippen molar-refractivity contribution in [1.29, 1.82) is 0 Å². The zero-order chi connectivity index (χ0) is 16.6. The van der Waals surface area contributed by atoms with E-state index < -0.39 is 0 Å². The van der Waals surface area contributed by atoms with Gasteiger partial charge in [-0.15, -0.1) is 0 Å². The molecule has 3 aromatic rings. The number of pyridine rings is 1. The highest BCUT2D eigenvalue weighted by atomic mass is 35.5. The van der Waals surface area contributed by atoms with Crippen molar-refractivity contribution in [3.8, 4) is 0 Å². The van der Waals surface area contributed by atoms with Gasteiger partial charge in [0.1, 0.15) is 5.69 Å². The highest BCUT2D eigenvalue weighted by Gasteiger charge is 2.13. The van der Waals surface area contributed by atoms with E-state index in [1.54, 1.807) is 22.9 Å². The number of aromatic nitrogens is 2. The van der Waals surface area contributed by atoms with Crippen molar-refractivity contribution in [2.45, 2.75) is 0 Å². The summed E-state index contributed by atoms with van der Waals surface area (Å²) < 4.78 is 1.63. The number of nitrogens with one attached hydrogen (secondary N) is 1. The van der Waals surface area contributed by atoms with E-state index in [1.165, 1.54) is 0 Å². The average Bonchev–Trinajstić information content (AvgIpc) is 2.92. The summed E-state index contributed by atoms with van der Waals surface area (Å²) in [4.78, 5) is 18.6. The van der Waals surface area contributed by atoms with Crippen LogP contribution < -0.4 is 10.2 Å². The Balaban J connectivity index is 1.84. The molecule has 23 heavy (non-hydrogen) atoms. The molecule has 0 saturated carbocycles. The Kier molecular flexibility index (Phi) is 4.15. The van der Waals surface area contributed by atoms with Gasteiger partial charge in [0.05, 0.1) is 10.0 Å². The fourth-order valence-electron chi connectivity index (χ4n) is 2.17. The molecule has 0 aliphatic heterocycles. The summed E-state index contributed by atoms with van der Waals surface area (Å²) in [6.07, 6.45) is 3.25. The van der Waals surface area contributed by atoms with Gasteiger partial charge in [-0.25, -0.2) is 4.98 Å². The fraction of sp³-hybridized carbons (Fsp3) is 0.125. The molecule has 2 aromatic heterocycles. The molecule has 0 saturated heterocycles. The predicted octanol–water partition coefficient (Wildman–Crippen LogP) is 3.96. The third-order valence-electron chi connectivity index (χ3n) is 3.35. The summed E-state index contributed by atoms with van der Waals surface area (Å²) in [6, 6.07) is 9.12. The number of rotatable bonds is 3. The van der Waals surface area contributed by atoms with E-state index >= 15 is 0 Å². The van der Waals surface area contributed by atoms with Crippen LogP contribution in [0, 0.1) is 0 Å². The SMILES string of the molecule is CN(C)c1ccc(NC(=O)c2cn3cc(Cl)cc(Cl)c3n2)cc1. The Morgan fingerprint density at radius 1 is 1.17 bits per heavy atom. The van der Waals surface area contributed by atoms with Gasteiger partial charge in [-0.1, -0.05) is 23.2 Å². The monoisotopic (exact) mass is 348 g/mol. The standard InChI is InChI=1S/C16H14Cl2N4O/c1-21(2)12-5-3-11(4-6-12)19-16(23)14-9-22-8-10(17)7-13(18)15(22)20-14/h3-9H,1-2H3,(H,19,23). The molecular formula is C16H14Cl2N4O. The lowest BCUT2D eigenvalue weighted by atomic mass is 10.2. The van der Waals surface area contributed by atoms with Gasteiger partial charge in [0.2, 0.25) is 0 Å². The van der Waals surface area contributed by atoms with Crippen molar-refractivity contribution in [2.24, 2.45) is 0 Å². The maximum absolute atomic E-state index is 12.3. The number of carbonyl (C=O) groups is 1. The minimum atomic E-state index is -0.307. The Bertz CT molecular complexity index is 872. The minimum absolute atomic E-state index is 0.269. The molecule has 0 fully saturated rings. The topological polar surface area (TPSA) is 49.6 Å². The number of benzene rings is 1. The van der Waals surface area contributed by atoms with E-state index in [2.05, 4.69) is 10.3 Å². The van der Waals surface area contributed by atoms with Crippen LogP contribution in [0.4, 0.5) is 11.4 Å². The normalized spacial score (nSPS) is 10.8. The molecule has 0 radical (unpaired) electrons. The van der Waals surface area contributed by atoms with Gasteiger partial charge in [0.15, 0.2) is 5.65 Å². The molecule has 0 unspecified atom stereocenters. The van der Waals surface area contributed by atoms with Crippen LogP contribution in [0.2, 0.25) is 10.0 Å². The number of nitrogens with zero attached hydrogens (tertiary/aromatic N) is 3. The molecule has 0 atom stereocenters. The number of halogens is 2. The first-order valence-electron chi connectivity index (χ1n) is 6.86. The number of amides is 1. The van der Waals surface area contributed by atoms with Crippen LogP contribution in [-0.2, 0) is 0 Å². The van der Waals surface area contributed by atoms with Gasteiger partial charge < -0.3 is 14.6 Å². The molecule has 3 rings (SSSR count). The zero-order valence-electron chi connectivity index (χ0n) is 12.5. The second-order valence-corrected chi connectivity index (χ2v) is 6.10. The second-order valence-electron chi connectivity index (χ2n) is 5.26. The lowest BCUT2D eigenvalue weighted by Gasteiger charge is -2.12. The van der Waals surface area contributed by atoms with Crippen LogP contribution in [0.5, 0.6) is 0 Å². The molecule has 2 heterocycles. The Labute approximate surface area is 143 Å². The number of hydrogen-bond donors (Lipinski definition) is 1. The van der Waals surface area contributed by atoms with Crippen LogP contribution in [0.15, 0.2) is 42.7 Å². The van der Waals surface area contributed by atoms with Gasteiger partial charge in [-0.2, -0.15) is 0 Å². The van der Waals surface area contributed by atoms with Crippen LogP contribution >= 0.6 is 23.2 Å². The lowest BCUT2D eigenvalue weighted by Crippen LogP contribution is -2.13. The molecule has 0 bridgehead atoms. The molecule has 0 aliphatic rings. The van der Waals surface area contributed by atoms with Crippen molar-refractivity contribution in [1.82, 2.24) is 9.38 Å². The van der Waals surface area contributed by atoms with Gasteiger partial charge in [-0.3, -0.25) is 4.79 Å². The van der Waals surface area contributed by atoms with Gasteiger partial charge >= 0.3 is 0 Å². The number of imidazole rings is 1. The van der Waals surface area contributed by atoms with Gasteiger partial charge in [-0.05, 0) is 30.3 Å². The highest BCUT2D eigenvalue weighted by molar-refractivity contribution is 6.36. The van der Waals surface area contributed by atoms with E-state index in [4.69, 9.17) is 23.2 Å². The first kappa shape index (κ1) is 15.6. The van der Waals surface area contributed by atoms with E-state index in [9.17, 15) is 4.79 Å². The maximum Gasteiger partial charge on any atom is 0.275 e. The third-order valence-corrected chi connectivity index (χ3v) is 3.83. The quantitative estimate of drug-likeness (QED) is 0.779. The molecule has 7 heteroatoms. The highest BCUT2D eigenvalue weighted by Crippen LogP contribution is 2.22. The first-order valence-corrected chi connectivity index (χ1v) is 7.62. The zero-order valence-corrected chi connectivity index (χ0v) is 14.1. The second kappa shape index (κ2) is 6.10. The Hall–Kier alpha value is -2.24. The largest absolute Gasteiger partial charge is 0.378 e. The van der Waals surface area contributed by atoms with Crippen molar-refractivity contribution < 1.29 is 4.79 Å². The fourth-order valence-corrected chi connectivity index (χ4v) is 2.70. The van der Waals surface area contributed by atoms with E-state index in [1.807, 2.05) is 43.3 Å². The van der Waals surface area contributed by atoms with E-state index in [0.29, 0.717) is 21.4 Å². The summed E-state index contributed by atoms with van der Waals surface area (Å²) in [5.74, 6) is -0.307. The number of hydrogen-bond acceptors (Lipinski definition) is 3. The molecule has 0 aliphatic carbocycles. The van der Waals surface area contributed by atoms with Crippen molar-refractivity contribution in [3.05, 3.63) is 58.5 Å². The minimum Gasteiger partial charge on any atom is -0.378 e. The lowest BCUT2D eigenvalue weighted by molar-refractivity contribution is 0.102. The predicted molar refractivity (Wildman–Crippen MR) is 93.9 cm³/mol. The number of fused-ring (bicyclic) bond motifs is 1. The smallest absolute Gasteiger partial charge is 0.275 e. The summed E-state index contributed by atoms with van der Waals surface area (Å²) in [6.45, 7) is 0. The van der Waals surface area contributed by atoms with Gasteiger partial charge in [0, 0.05) is 37.9 Å². The van der Waals surface area contributed by atoms with E-state index in [-0.39, 0.29) is 11.6 Å². The van der Waals surface area contributed by atoms with Crippen molar-refractivity contribution >= 4 is 46.1 Å². The number of carbonyl (C=O) groups excluding carboxylic acids is 1. The molecule has 118 valence electrons. The van der Waals surface area contributed by atoms with Crippen LogP contribution in [0.25, 0.3) is 5.65 Å². The van der Waals surface area contributed by atoms with Crippen LogP contribution in [0.3, 0.4) is 0 Å². The Morgan fingerprint density at radius 3 is 2.52 bits per heavy atom.